The Kier molecular flexibility index (Phi) is 6.08. The lowest BCUT2D eigenvalue weighted by atomic mass is 10.0. The summed E-state index contributed by atoms with van der Waals surface area (Å²) < 4.78 is 18.7. The van der Waals surface area contributed by atoms with Crippen LogP contribution in [0.3, 0.4) is 0 Å². The molecule has 138 valence electrons. The van der Waals surface area contributed by atoms with Crippen molar-refractivity contribution in [2.75, 3.05) is 32.8 Å². The van der Waals surface area contributed by atoms with Crippen molar-refractivity contribution in [2.24, 2.45) is 0 Å². The van der Waals surface area contributed by atoms with E-state index in [1.807, 2.05) is 0 Å². The van der Waals surface area contributed by atoms with Crippen LogP contribution in [0.2, 0.25) is 5.02 Å². The van der Waals surface area contributed by atoms with Crippen LogP contribution >= 0.6 is 11.6 Å². The van der Waals surface area contributed by atoms with Gasteiger partial charge in [-0.05, 0) is 29.8 Å². The zero-order chi connectivity index (χ0) is 18.5. The van der Waals surface area contributed by atoms with Crippen LogP contribution < -0.4 is 5.32 Å². The molecule has 0 saturated carbocycles. The number of amides is 1. The van der Waals surface area contributed by atoms with Gasteiger partial charge >= 0.3 is 0 Å². The number of carbonyl (C=O) groups excluding carboxylic acids is 1. The van der Waals surface area contributed by atoms with Gasteiger partial charge in [-0.15, -0.1) is 0 Å². The van der Waals surface area contributed by atoms with Crippen LogP contribution in [0.4, 0.5) is 4.39 Å². The highest BCUT2D eigenvalue weighted by Gasteiger charge is 2.24. The molecule has 2 N–H and O–H groups in total. The van der Waals surface area contributed by atoms with E-state index >= 15 is 0 Å². The molecule has 2 aromatic carbocycles. The number of nitrogens with one attached hydrogen (secondary N) is 1. The summed E-state index contributed by atoms with van der Waals surface area (Å²) in [6, 6.07) is 10.7. The van der Waals surface area contributed by atoms with Crippen LogP contribution in [-0.4, -0.2) is 48.8 Å². The molecule has 1 unspecified atom stereocenters. The van der Waals surface area contributed by atoms with Crippen molar-refractivity contribution in [3.63, 3.8) is 0 Å². The number of hydrogen-bond donors (Lipinski definition) is 2. The molecule has 0 aromatic heterocycles. The first-order valence-corrected chi connectivity index (χ1v) is 8.77. The van der Waals surface area contributed by atoms with Gasteiger partial charge in [-0.1, -0.05) is 29.8 Å². The van der Waals surface area contributed by atoms with Crippen LogP contribution in [0.25, 0.3) is 0 Å². The van der Waals surface area contributed by atoms with Crippen molar-refractivity contribution in [3.05, 3.63) is 64.4 Å². The van der Waals surface area contributed by atoms with E-state index in [1.165, 1.54) is 18.2 Å². The summed E-state index contributed by atoms with van der Waals surface area (Å²) in [7, 11) is 0. The van der Waals surface area contributed by atoms with Gasteiger partial charge in [-0.2, -0.15) is 0 Å². The highest BCUT2D eigenvalue weighted by atomic mass is 35.5. The second kappa shape index (κ2) is 8.49. The average molecular weight is 379 g/mol. The normalized spacial score (nSPS) is 16.2. The maximum Gasteiger partial charge on any atom is 0.256 e. The Morgan fingerprint density at radius 2 is 1.92 bits per heavy atom. The molecule has 7 heteroatoms. The molecule has 1 saturated heterocycles. The van der Waals surface area contributed by atoms with E-state index in [-0.39, 0.29) is 28.2 Å². The van der Waals surface area contributed by atoms with Gasteiger partial charge in [0.05, 0.1) is 29.8 Å². The van der Waals surface area contributed by atoms with E-state index in [2.05, 4.69) is 10.2 Å². The summed E-state index contributed by atoms with van der Waals surface area (Å²) in [4.78, 5) is 14.7. The van der Waals surface area contributed by atoms with Crippen LogP contribution in [0.1, 0.15) is 22.0 Å². The maximum atomic E-state index is 13.3. The van der Waals surface area contributed by atoms with Gasteiger partial charge in [0, 0.05) is 19.6 Å². The van der Waals surface area contributed by atoms with E-state index in [0.717, 1.165) is 18.7 Å². The zero-order valence-electron chi connectivity index (χ0n) is 14.1. The number of phenols is 1. The molecular formula is C19H20ClFN2O3. The molecule has 1 fully saturated rings. The van der Waals surface area contributed by atoms with Gasteiger partial charge in [-0.25, -0.2) is 4.39 Å². The molecule has 3 rings (SSSR count). The second-order valence-corrected chi connectivity index (χ2v) is 6.47. The van der Waals surface area contributed by atoms with Crippen LogP contribution in [0.5, 0.6) is 5.75 Å². The Bertz CT molecular complexity index is 744. The molecule has 0 aliphatic carbocycles. The smallest absolute Gasteiger partial charge is 0.256 e. The molecule has 1 aliphatic heterocycles. The standard InChI is InChI=1S/C19H20ClFN2O3/c20-15-2-1-3-17(24)18(15)19(25)22-12-16(23-8-10-26-11-9-23)13-4-6-14(21)7-5-13/h1-7,16,24H,8-12H2,(H,22,25). The van der Waals surface area contributed by atoms with E-state index in [1.54, 1.807) is 24.3 Å². The molecule has 2 aromatic rings. The first kappa shape index (κ1) is 18.6. The van der Waals surface area contributed by atoms with Gasteiger partial charge < -0.3 is 15.2 Å². The Labute approximate surface area is 156 Å². The third-order valence-electron chi connectivity index (χ3n) is 4.42. The van der Waals surface area contributed by atoms with Crippen molar-refractivity contribution in [1.82, 2.24) is 10.2 Å². The van der Waals surface area contributed by atoms with Crippen LogP contribution in [-0.2, 0) is 4.74 Å². The molecule has 1 heterocycles. The summed E-state index contributed by atoms with van der Waals surface area (Å²) in [5.41, 5.74) is 0.950. The number of phenolic OH excluding ortho intramolecular Hbond substituents is 1. The number of rotatable bonds is 5. The number of hydrogen-bond acceptors (Lipinski definition) is 4. The van der Waals surface area contributed by atoms with E-state index in [9.17, 15) is 14.3 Å². The first-order valence-electron chi connectivity index (χ1n) is 8.39. The third-order valence-corrected chi connectivity index (χ3v) is 4.73. The fourth-order valence-electron chi connectivity index (χ4n) is 3.05. The minimum atomic E-state index is -0.450. The number of nitrogens with zero attached hydrogens (tertiary/aromatic N) is 1. The Morgan fingerprint density at radius 3 is 2.58 bits per heavy atom. The monoisotopic (exact) mass is 378 g/mol. The molecule has 5 nitrogen and oxygen atoms in total. The van der Waals surface area contributed by atoms with Crippen LogP contribution in [0.15, 0.2) is 42.5 Å². The van der Waals surface area contributed by atoms with Crippen molar-refractivity contribution in [3.8, 4) is 5.75 Å². The topological polar surface area (TPSA) is 61.8 Å². The Morgan fingerprint density at radius 1 is 1.23 bits per heavy atom. The largest absolute Gasteiger partial charge is 0.507 e. The molecule has 1 aliphatic rings. The van der Waals surface area contributed by atoms with Crippen molar-refractivity contribution in [2.45, 2.75) is 6.04 Å². The number of halogens is 2. The lowest BCUT2D eigenvalue weighted by Crippen LogP contribution is -2.43. The molecule has 1 amide bonds. The molecule has 0 spiro atoms. The number of benzene rings is 2. The third kappa shape index (κ3) is 4.33. The van der Waals surface area contributed by atoms with Gasteiger partial charge in [0.25, 0.3) is 5.91 Å². The number of carbonyl (C=O) groups is 1. The number of aromatic hydroxyl groups is 1. The van der Waals surface area contributed by atoms with Crippen LogP contribution in [0, 0.1) is 5.82 Å². The van der Waals surface area contributed by atoms with Gasteiger partial charge in [0.15, 0.2) is 0 Å². The van der Waals surface area contributed by atoms with E-state index < -0.39 is 5.91 Å². The molecule has 0 radical (unpaired) electrons. The zero-order valence-corrected chi connectivity index (χ0v) is 14.9. The van der Waals surface area contributed by atoms with Crippen molar-refractivity contribution in [1.29, 1.82) is 0 Å². The number of morpholine rings is 1. The lowest BCUT2D eigenvalue weighted by Gasteiger charge is -2.35. The van der Waals surface area contributed by atoms with Gasteiger partial charge in [-0.3, -0.25) is 9.69 Å². The minimum absolute atomic E-state index is 0.0500. The van der Waals surface area contributed by atoms with Crippen molar-refractivity contribution < 1.29 is 19.0 Å². The summed E-state index contributed by atoms with van der Waals surface area (Å²) in [5.74, 6) is -0.923. The quantitative estimate of drug-likeness (QED) is 0.839. The Balaban J connectivity index is 1.77. The second-order valence-electron chi connectivity index (χ2n) is 6.06. The molecule has 26 heavy (non-hydrogen) atoms. The maximum absolute atomic E-state index is 13.3. The first-order chi connectivity index (χ1) is 12.6. The fourth-order valence-corrected chi connectivity index (χ4v) is 3.30. The van der Waals surface area contributed by atoms with Crippen molar-refractivity contribution >= 4 is 17.5 Å². The molecule has 1 atom stereocenters. The summed E-state index contributed by atoms with van der Waals surface area (Å²) in [6.07, 6.45) is 0. The van der Waals surface area contributed by atoms with E-state index in [4.69, 9.17) is 16.3 Å². The Hall–Kier alpha value is -2.15. The van der Waals surface area contributed by atoms with E-state index in [0.29, 0.717) is 19.8 Å². The minimum Gasteiger partial charge on any atom is -0.507 e. The predicted molar refractivity (Wildman–Crippen MR) is 97.0 cm³/mol. The van der Waals surface area contributed by atoms with Gasteiger partial charge in [0.1, 0.15) is 11.6 Å². The fraction of sp³-hybridized carbons (Fsp3) is 0.316. The summed E-state index contributed by atoms with van der Waals surface area (Å²) in [5, 5.41) is 12.9. The lowest BCUT2D eigenvalue weighted by molar-refractivity contribution is 0.0162. The highest BCUT2D eigenvalue weighted by molar-refractivity contribution is 6.34. The molecule has 0 bridgehead atoms. The molecular weight excluding hydrogens is 359 g/mol. The predicted octanol–water partition coefficient (Wildman–Crippen LogP) is 2.99. The average Bonchev–Trinajstić information content (AvgIpc) is 2.64. The highest BCUT2D eigenvalue weighted by Crippen LogP contribution is 2.26. The van der Waals surface area contributed by atoms with Gasteiger partial charge in [0.2, 0.25) is 0 Å². The summed E-state index contributed by atoms with van der Waals surface area (Å²) in [6.45, 7) is 2.95. The number of ether oxygens (including phenoxy) is 1. The summed E-state index contributed by atoms with van der Waals surface area (Å²) >= 11 is 6.03. The SMILES string of the molecule is O=C(NCC(c1ccc(F)cc1)N1CCOCC1)c1c(O)cccc1Cl.